The Kier molecular flexibility index (Phi) is 2.82. The normalized spacial score (nSPS) is 23.9. The molecular weight excluding hydrogens is 195 g/mol. The van der Waals surface area contributed by atoms with Crippen molar-refractivity contribution >= 4 is 25.8 Å². The fourth-order valence-electron chi connectivity index (χ4n) is 0.428. The summed E-state index contributed by atoms with van der Waals surface area (Å²) in [4.78, 5) is 19.8. The van der Waals surface area contributed by atoms with Crippen molar-refractivity contribution in [3.05, 3.63) is 0 Å². The lowest BCUT2D eigenvalue weighted by atomic mass is 10.4. The number of carbonyl (C=O) groups excluding carboxylic acids is 1. The Hall–Kier alpha value is 0.250. The van der Waals surface area contributed by atoms with E-state index >= 15 is 0 Å². The number of hydrogen-bond acceptors (Lipinski definition) is 7. The van der Waals surface area contributed by atoms with E-state index in [1.807, 2.05) is 0 Å². The minimum absolute atomic E-state index is 0.486. The molecule has 8 heteroatoms. The zero-order valence-corrected chi connectivity index (χ0v) is 6.92. The van der Waals surface area contributed by atoms with Gasteiger partial charge in [-0.1, -0.05) is 7.94 Å². The van der Waals surface area contributed by atoms with Crippen molar-refractivity contribution in [2.75, 3.05) is 6.61 Å². The number of aliphatic hydroxyl groups excluding tert-OH is 2. The zero-order valence-electron chi connectivity index (χ0n) is 5.21. The quantitative estimate of drug-likeness (QED) is 0.407. The van der Waals surface area contributed by atoms with Gasteiger partial charge in [0.2, 0.25) is 0 Å². The molecule has 0 aromatic rings. The van der Waals surface area contributed by atoms with Crippen molar-refractivity contribution in [3.8, 4) is 0 Å². The summed E-state index contributed by atoms with van der Waals surface area (Å²) >= 11 is 0.486. The molecule has 6 nitrogen and oxygen atoms in total. The molecule has 0 radical (unpaired) electrons. The largest absolute Gasteiger partial charge is 0.515 e. The molecule has 0 aromatic carbocycles. The molecule has 1 rings (SSSR count). The first-order valence-electron chi connectivity index (χ1n) is 2.60. The van der Waals surface area contributed by atoms with Crippen LogP contribution >= 0.6 is 20.3 Å². The van der Waals surface area contributed by atoms with Gasteiger partial charge in [0.05, 0.1) is 6.61 Å². The van der Waals surface area contributed by atoms with Crippen molar-refractivity contribution in [1.29, 1.82) is 0 Å². The first kappa shape index (κ1) is 9.34. The lowest BCUT2D eigenvalue weighted by Crippen LogP contribution is -2.29. The Morgan fingerprint density at radius 3 is 2.45 bits per heavy atom. The average molecular weight is 201 g/mol. The predicted octanol–water partition coefficient (Wildman–Crippen LogP) is -0.769. The van der Waals surface area contributed by atoms with E-state index in [1.165, 1.54) is 0 Å². The maximum atomic E-state index is 10.8. The van der Waals surface area contributed by atoms with Crippen LogP contribution in [-0.4, -0.2) is 33.3 Å². The molecule has 0 aromatic heterocycles. The summed E-state index contributed by atoms with van der Waals surface area (Å²) in [7, 11) is -3.49. The molecule has 0 bridgehead atoms. The molecule has 64 valence electrons. The lowest BCUT2D eigenvalue weighted by Gasteiger charge is -2.18. The van der Waals surface area contributed by atoms with E-state index in [4.69, 9.17) is 15.1 Å². The highest BCUT2D eigenvalue weighted by molar-refractivity contribution is 8.09. The molecule has 1 fully saturated rings. The van der Waals surface area contributed by atoms with Gasteiger partial charge in [0, 0.05) is 0 Å². The van der Waals surface area contributed by atoms with Crippen molar-refractivity contribution < 1.29 is 27.8 Å². The Morgan fingerprint density at radius 2 is 2.18 bits per heavy atom. The van der Waals surface area contributed by atoms with Crippen LogP contribution < -0.4 is 0 Å². The highest BCUT2D eigenvalue weighted by Gasteiger charge is 2.64. The van der Waals surface area contributed by atoms with Gasteiger partial charge in [-0.3, -0.25) is 0 Å². The maximum absolute atomic E-state index is 10.8. The van der Waals surface area contributed by atoms with Crippen molar-refractivity contribution in [1.82, 2.24) is 0 Å². The van der Waals surface area contributed by atoms with E-state index in [2.05, 4.69) is 7.94 Å². The number of rotatable bonds is 3. The zero-order chi connectivity index (χ0) is 8.48. The molecule has 1 aliphatic rings. The Balaban J connectivity index is 2.52. The fraction of sp³-hybridized carbons (Fsp3) is 0.667. The fourth-order valence-corrected chi connectivity index (χ4v) is 2.18. The highest BCUT2D eigenvalue weighted by Crippen LogP contribution is 2.72. The van der Waals surface area contributed by atoms with Crippen molar-refractivity contribution in [2.24, 2.45) is 0 Å². The van der Waals surface area contributed by atoms with Crippen molar-refractivity contribution in [2.45, 2.75) is 6.10 Å². The molecule has 0 saturated carbocycles. The molecule has 1 heterocycles. The van der Waals surface area contributed by atoms with Crippen LogP contribution in [0.15, 0.2) is 0 Å². The Labute approximate surface area is 67.1 Å². The van der Waals surface area contributed by atoms with E-state index in [0.717, 1.165) is 0 Å². The molecule has 0 amide bonds. The second-order valence-corrected chi connectivity index (χ2v) is 4.58. The Bertz CT molecular complexity index is 169. The van der Waals surface area contributed by atoms with Crippen LogP contribution in [0, 0.1) is 0 Å². The van der Waals surface area contributed by atoms with Crippen LogP contribution in [0.1, 0.15) is 0 Å². The van der Waals surface area contributed by atoms with Gasteiger partial charge in [0.1, 0.15) is 0 Å². The van der Waals surface area contributed by atoms with E-state index in [9.17, 15) is 4.79 Å². The van der Waals surface area contributed by atoms with Gasteiger partial charge in [-0.15, -0.1) is 0 Å². The second kappa shape index (κ2) is 3.32. The summed E-state index contributed by atoms with van der Waals surface area (Å²) in [5, 5.41) is 17.0. The first-order valence-corrected chi connectivity index (χ1v) is 4.84. The van der Waals surface area contributed by atoms with E-state index in [1.54, 1.807) is 0 Å². The van der Waals surface area contributed by atoms with E-state index in [0.29, 0.717) is 12.3 Å². The molecule has 1 unspecified atom stereocenters. The summed E-state index contributed by atoms with van der Waals surface area (Å²) in [5.41, 5.74) is -1.00. The molecule has 1 aliphatic heterocycles. The number of hydrogen-bond donors (Lipinski definition) is 3. The van der Waals surface area contributed by atoms with Crippen LogP contribution in [0.4, 0.5) is 0 Å². The van der Waals surface area contributed by atoms with Crippen LogP contribution in [0.5, 0.6) is 0 Å². The monoisotopic (exact) mass is 201 g/mol. The van der Waals surface area contributed by atoms with Crippen LogP contribution in [0.3, 0.4) is 0 Å². The standard InChI is InChI=1S/C3H6O6PS/c4-1-2(5)3(6)10(7)8-11-9-10/h2,4-5,7H,1H2/q+1. The minimum atomic E-state index is -3.49. The van der Waals surface area contributed by atoms with Gasteiger partial charge in [0.15, 0.2) is 6.10 Å². The van der Waals surface area contributed by atoms with Crippen LogP contribution in [0.2, 0.25) is 0 Å². The lowest BCUT2D eigenvalue weighted by molar-refractivity contribution is -0.123. The predicted molar refractivity (Wildman–Crippen MR) is 37.0 cm³/mol. The van der Waals surface area contributed by atoms with Gasteiger partial charge < -0.3 is 10.2 Å². The molecule has 11 heavy (non-hydrogen) atoms. The maximum Gasteiger partial charge on any atom is 0.515 e. The molecule has 1 saturated heterocycles. The van der Waals surface area contributed by atoms with Gasteiger partial charge in [0.25, 0.3) is 12.3 Å². The van der Waals surface area contributed by atoms with E-state index < -0.39 is 26.2 Å². The minimum Gasteiger partial charge on any atom is -0.393 e. The molecule has 1 atom stereocenters. The van der Waals surface area contributed by atoms with Crippen LogP contribution in [-0.2, 0) is 12.7 Å². The Morgan fingerprint density at radius 1 is 1.64 bits per heavy atom. The van der Waals surface area contributed by atoms with Gasteiger partial charge in [-0.25, -0.2) is 4.79 Å². The topological polar surface area (TPSA) is 96.2 Å². The molecule has 0 spiro atoms. The third-order valence-electron chi connectivity index (χ3n) is 0.999. The van der Waals surface area contributed by atoms with Gasteiger partial charge in [-0.05, 0) is 0 Å². The average Bonchev–Trinajstić information content (AvgIpc) is 1.97. The summed E-state index contributed by atoms with van der Waals surface area (Å²) in [6.45, 7) is -0.751. The number of carbonyl (C=O) groups is 1. The SMILES string of the molecule is O=C(C(O)CO)[P+]1(O)OSO1. The van der Waals surface area contributed by atoms with Gasteiger partial charge in [-0.2, -0.15) is 4.89 Å². The summed E-state index contributed by atoms with van der Waals surface area (Å²) in [6, 6.07) is 0. The summed E-state index contributed by atoms with van der Waals surface area (Å²) in [5.74, 6) is 0. The van der Waals surface area contributed by atoms with Gasteiger partial charge >= 0.3 is 13.5 Å². The number of aliphatic hydroxyl groups is 2. The smallest absolute Gasteiger partial charge is 0.393 e. The van der Waals surface area contributed by atoms with Crippen molar-refractivity contribution in [3.63, 3.8) is 0 Å². The second-order valence-electron chi connectivity index (χ2n) is 1.77. The third kappa shape index (κ3) is 1.70. The molecule has 0 aliphatic carbocycles. The molecule has 3 N–H and O–H groups in total. The summed E-state index contributed by atoms with van der Waals surface area (Å²) < 4.78 is 8.69. The summed E-state index contributed by atoms with van der Waals surface area (Å²) in [6.07, 6.45) is -1.63. The van der Waals surface area contributed by atoms with E-state index in [-0.39, 0.29) is 0 Å². The first-order chi connectivity index (χ1) is 5.10. The molecular formula is C3H6O6PS+. The van der Waals surface area contributed by atoms with Crippen LogP contribution in [0.25, 0.3) is 0 Å². The highest BCUT2D eigenvalue weighted by atomic mass is 32.2. The third-order valence-corrected chi connectivity index (χ3v) is 3.96.